The van der Waals surface area contributed by atoms with Gasteiger partial charge in [0.25, 0.3) is 0 Å². The van der Waals surface area contributed by atoms with Crippen molar-refractivity contribution in [3.05, 3.63) is 0 Å². The smallest absolute Gasteiger partial charge is 0.249 e. The van der Waals surface area contributed by atoms with Crippen molar-refractivity contribution in [1.29, 1.82) is 0 Å². The average molecular weight is 615 g/mol. The lowest BCUT2D eigenvalue weighted by atomic mass is 9.83. The van der Waals surface area contributed by atoms with Gasteiger partial charge in [0.15, 0.2) is 12.6 Å². The average Bonchev–Trinajstić information content (AvgIpc) is 2.96. The normalized spacial score (nSPS) is 46.2. The van der Waals surface area contributed by atoms with Gasteiger partial charge in [-0.2, -0.15) is 0 Å². The largest absolute Gasteiger partial charge is 0.394 e. The monoisotopic (exact) mass is 614 g/mol. The van der Waals surface area contributed by atoms with Crippen LogP contribution in [0.2, 0.25) is 0 Å². The highest BCUT2D eigenvalue weighted by atomic mass is 16.7. The van der Waals surface area contributed by atoms with E-state index in [4.69, 9.17) is 47.6 Å². The predicted octanol–water partition coefficient (Wildman–Crippen LogP) is -9.10. The topological polar surface area (TPSA) is 358 Å². The SMILES string of the molecule is NC[C@@H](N)C[C@H](O)C(=O)N[C@@H]1C[C@H](N)[C@@H](O[C@H]2O[C@H](CN)[C@@H](O)[C@H](O)[C@H]2O)[C@H](O)[C@H]1O[C@@H]1O[C@@H](CO)[C@H](O)[C@@H](N)[C@@H]1O. The summed E-state index contributed by atoms with van der Waals surface area (Å²) in [6.45, 7) is -0.926. The molecule has 246 valence electrons. The van der Waals surface area contributed by atoms with Gasteiger partial charge < -0.3 is 93.8 Å². The number of aliphatic hydroxyl groups is 8. The Bertz CT molecular complexity index is 864. The van der Waals surface area contributed by atoms with Crippen molar-refractivity contribution in [3.8, 4) is 0 Å². The van der Waals surface area contributed by atoms with Crippen LogP contribution in [-0.2, 0) is 23.7 Å². The Morgan fingerprint density at radius 1 is 0.857 bits per heavy atom. The van der Waals surface area contributed by atoms with E-state index in [2.05, 4.69) is 5.32 Å². The molecule has 1 aliphatic carbocycles. The van der Waals surface area contributed by atoms with E-state index in [1.54, 1.807) is 0 Å². The molecule has 0 aromatic carbocycles. The van der Waals surface area contributed by atoms with Crippen LogP contribution in [0.1, 0.15) is 12.8 Å². The number of hydrogen-bond acceptors (Lipinski definition) is 18. The molecule has 42 heavy (non-hydrogen) atoms. The van der Waals surface area contributed by atoms with E-state index in [1.165, 1.54) is 0 Å². The van der Waals surface area contributed by atoms with Crippen LogP contribution in [0, 0.1) is 0 Å². The van der Waals surface area contributed by atoms with Gasteiger partial charge in [-0.15, -0.1) is 0 Å². The standard InChI is InChI=1S/C23H46N6O13/c24-3-6(26)1-9(31)21(38)29-8-2-7(27)19(41-23-17(36)16(35)14(33)10(4-25)39-23)18(37)20(8)42-22-15(34)12(28)13(32)11(5-30)40-22/h6-20,22-23,30-37H,1-5,24-28H2,(H,29,38)/t6-,7-,8+,9-,10+,11-,12+,13-,14+,15-,16-,17+,18-,19+,20-,22-,23+/m0/s1. The van der Waals surface area contributed by atoms with Crippen molar-refractivity contribution in [1.82, 2.24) is 5.32 Å². The molecule has 0 bridgehead atoms. The highest BCUT2D eigenvalue weighted by Gasteiger charge is 2.52. The van der Waals surface area contributed by atoms with Gasteiger partial charge in [-0.3, -0.25) is 4.79 Å². The fourth-order valence-corrected chi connectivity index (χ4v) is 5.27. The Hall–Kier alpha value is -1.21. The lowest BCUT2D eigenvalue weighted by Gasteiger charge is -2.49. The van der Waals surface area contributed by atoms with Gasteiger partial charge in [0, 0.05) is 25.2 Å². The summed E-state index contributed by atoms with van der Waals surface area (Å²) in [4.78, 5) is 12.8. The van der Waals surface area contributed by atoms with Crippen LogP contribution in [0.25, 0.3) is 0 Å². The molecule has 2 heterocycles. The zero-order valence-electron chi connectivity index (χ0n) is 22.9. The second kappa shape index (κ2) is 15.2. The minimum Gasteiger partial charge on any atom is -0.394 e. The molecule has 1 amide bonds. The number of nitrogens with one attached hydrogen (secondary N) is 1. The first-order valence-corrected chi connectivity index (χ1v) is 13.7. The zero-order chi connectivity index (χ0) is 31.5. The fourth-order valence-electron chi connectivity index (χ4n) is 5.27. The Balaban J connectivity index is 1.85. The summed E-state index contributed by atoms with van der Waals surface area (Å²) in [6, 6.07) is -4.22. The van der Waals surface area contributed by atoms with E-state index in [9.17, 15) is 45.6 Å². The summed E-state index contributed by atoms with van der Waals surface area (Å²) < 4.78 is 22.6. The number of amides is 1. The minimum atomic E-state index is -1.77. The number of aliphatic hydroxyl groups excluding tert-OH is 8. The van der Waals surface area contributed by atoms with E-state index < -0.39 is 116 Å². The number of ether oxygens (including phenoxy) is 4. The number of nitrogens with two attached hydrogens (primary N) is 5. The first kappa shape index (κ1) is 35.3. The zero-order valence-corrected chi connectivity index (χ0v) is 22.9. The molecule has 2 aliphatic heterocycles. The third-order valence-corrected chi connectivity index (χ3v) is 7.90. The summed E-state index contributed by atoms with van der Waals surface area (Å²) >= 11 is 0. The van der Waals surface area contributed by atoms with Crippen molar-refractivity contribution >= 4 is 5.91 Å². The molecule has 1 saturated carbocycles. The molecular weight excluding hydrogens is 568 g/mol. The predicted molar refractivity (Wildman–Crippen MR) is 139 cm³/mol. The van der Waals surface area contributed by atoms with E-state index in [1.807, 2.05) is 0 Å². The maximum atomic E-state index is 12.8. The quantitative estimate of drug-likeness (QED) is 0.103. The molecule has 0 radical (unpaired) electrons. The summed E-state index contributed by atoms with van der Waals surface area (Å²) in [7, 11) is 0. The van der Waals surface area contributed by atoms with Gasteiger partial charge in [-0.1, -0.05) is 0 Å². The number of carbonyl (C=O) groups excluding carboxylic acids is 1. The Morgan fingerprint density at radius 2 is 1.45 bits per heavy atom. The highest BCUT2D eigenvalue weighted by molar-refractivity contribution is 5.80. The highest BCUT2D eigenvalue weighted by Crippen LogP contribution is 2.32. The Kier molecular flexibility index (Phi) is 12.8. The molecule has 0 aromatic rings. The molecule has 3 rings (SSSR count). The number of rotatable bonds is 11. The second-order valence-corrected chi connectivity index (χ2v) is 11.0. The van der Waals surface area contributed by atoms with Gasteiger partial charge in [0.2, 0.25) is 5.91 Å². The fraction of sp³-hybridized carbons (Fsp3) is 0.957. The van der Waals surface area contributed by atoms with E-state index >= 15 is 0 Å². The van der Waals surface area contributed by atoms with Crippen LogP contribution < -0.4 is 34.0 Å². The van der Waals surface area contributed by atoms with Crippen LogP contribution >= 0.6 is 0 Å². The lowest BCUT2D eigenvalue weighted by Crippen LogP contribution is -2.69. The van der Waals surface area contributed by atoms with Gasteiger partial charge in [-0.05, 0) is 12.8 Å². The third kappa shape index (κ3) is 7.71. The van der Waals surface area contributed by atoms with Gasteiger partial charge in [0.1, 0.15) is 67.1 Å². The van der Waals surface area contributed by atoms with Crippen molar-refractivity contribution < 1.29 is 64.6 Å². The van der Waals surface area contributed by atoms with E-state index in [-0.39, 0.29) is 25.9 Å². The maximum absolute atomic E-state index is 12.8. The Morgan fingerprint density at radius 3 is 2.05 bits per heavy atom. The summed E-state index contributed by atoms with van der Waals surface area (Å²) in [5, 5.41) is 85.4. The van der Waals surface area contributed by atoms with Crippen molar-refractivity contribution in [2.45, 2.75) is 117 Å². The van der Waals surface area contributed by atoms with Crippen LogP contribution in [0.15, 0.2) is 0 Å². The third-order valence-electron chi connectivity index (χ3n) is 7.90. The summed E-state index contributed by atoms with van der Waals surface area (Å²) in [5.74, 6) is -0.893. The molecule has 0 spiro atoms. The van der Waals surface area contributed by atoms with Crippen LogP contribution in [0.4, 0.5) is 0 Å². The van der Waals surface area contributed by atoms with Crippen molar-refractivity contribution in [2.24, 2.45) is 28.7 Å². The molecule has 2 saturated heterocycles. The summed E-state index contributed by atoms with van der Waals surface area (Å²) in [6.07, 6.45) is -20.3. The maximum Gasteiger partial charge on any atom is 0.249 e. The van der Waals surface area contributed by atoms with Crippen molar-refractivity contribution in [3.63, 3.8) is 0 Å². The molecule has 19 heteroatoms. The number of carbonyl (C=O) groups is 1. The molecule has 0 unspecified atom stereocenters. The number of hydrogen-bond donors (Lipinski definition) is 14. The van der Waals surface area contributed by atoms with Crippen LogP contribution in [0.3, 0.4) is 0 Å². The van der Waals surface area contributed by atoms with Crippen LogP contribution in [-0.4, -0.2) is 170 Å². The van der Waals surface area contributed by atoms with Gasteiger partial charge in [0.05, 0.1) is 18.7 Å². The lowest BCUT2D eigenvalue weighted by molar-refractivity contribution is -0.332. The first-order chi connectivity index (χ1) is 19.7. The molecular formula is C23H46N6O13. The molecule has 19 N–H and O–H groups in total. The molecule has 0 aromatic heterocycles. The second-order valence-electron chi connectivity index (χ2n) is 11.0. The van der Waals surface area contributed by atoms with Gasteiger partial charge in [-0.25, -0.2) is 0 Å². The molecule has 19 nitrogen and oxygen atoms in total. The minimum absolute atomic E-state index is 0.00295. The van der Waals surface area contributed by atoms with Crippen molar-refractivity contribution in [2.75, 3.05) is 19.7 Å². The molecule has 3 fully saturated rings. The summed E-state index contributed by atoms with van der Waals surface area (Å²) in [5.41, 5.74) is 28.9. The first-order valence-electron chi connectivity index (χ1n) is 13.7. The molecule has 17 atom stereocenters. The molecule has 3 aliphatic rings. The van der Waals surface area contributed by atoms with Crippen LogP contribution in [0.5, 0.6) is 0 Å². The van der Waals surface area contributed by atoms with E-state index in [0.717, 1.165) is 0 Å². The van der Waals surface area contributed by atoms with Gasteiger partial charge >= 0.3 is 0 Å². The van der Waals surface area contributed by atoms with E-state index in [0.29, 0.717) is 0 Å². The Labute approximate surface area is 241 Å².